The van der Waals surface area contributed by atoms with Gasteiger partial charge in [-0.25, -0.2) is 8.42 Å². The molecule has 104 valence electrons. The van der Waals surface area contributed by atoms with E-state index in [1.165, 1.54) is 11.8 Å². The summed E-state index contributed by atoms with van der Waals surface area (Å²) in [5.74, 6) is 0. The molecule has 0 aliphatic carbocycles. The Labute approximate surface area is 114 Å². The van der Waals surface area contributed by atoms with Gasteiger partial charge in [0.15, 0.2) is 0 Å². The minimum Gasteiger partial charge on any atom is -0.315 e. The van der Waals surface area contributed by atoms with Crippen molar-refractivity contribution in [2.24, 2.45) is 0 Å². The topological polar surface area (TPSA) is 49.4 Å². The smallest absolute Gasteiger partial charge is 0.211 e. The number of nitrogens with zero attached hydrogens (tertiary/aromatic N) is 1. The molecule has 0 radical (unpaired) electrons. The van der Waals surface area contributed by atoms with Gasteiger partial charge >= 0.3 is 0 Å². The van der Waals surface area contributed by atoms with Crippen LogP contribution in [0.4, 0.5) is 0 Å². The van der Waals surface area contributed by atoms with E-state index in [4.69, 9.17) is 0 Å². The highest BCUT2D eigenvalue weighted by molar-refractivity contribution is 7.88. The highest BCUT2D eigenvalue weighted by Crippen LogP contribution is 2.44. The maximum atomic E-state index is 12.0. The molecular weight excluding hydrogens is 260 g/mol. The molecule has 2 aliphatic heterocycles. The van der Waals surface area contributed by atoms with Crippen LogP contribution >= 0.6 is 0 Å². The van der Waals surface area contributed by atoms with Crippen molar-refractivity contribution in [3.05, 3.63) is 35.9 Å². The van der Waals surface area contributed by atoms with E-state index in [9.17, 15) is 8.42 Å². The van der Waals surface area contributed by atoms with Gasteiger partial charge in [0.25, 0.3) is 0 Å². The Morgan fingerprint density at radius 2 is 2.00 bits per heavy atom. The molecule has 4 nitrogen and oxygen atoms in total. The Balaban J connectivity index is 2.04. The molecule has 1 aromatic carbocycles. The first-order valence-electron chi connectivity index (χ1n) is 6.77. The average molecular weight is 280 g/mol. The first-order chi connectivity index (χ1) is 9.04. The van der Waals surface area contributed by atoms with Crippen LogP contribution in [-0.2, 0) is 15.4 Å². The van der Waals surface area contributed by atoms with E-state index in [0.717, 1.165) is 25.9 Å². The number of nitrogens with one attached hydrogen (secondary N) is 1. The zero-order chi connectivity index (χ0) is 13.5. The lowest BCUT2D eigenvalue weighted by Crippen LogP contribution is -2.55. The van der Waals surface area contributed by atoms with Gasteiger partial charge in [-0.3, -0.25) is 0 Å². The highest BCUT2D eigenvalue weighted by atomic mass is 32.2. The fourth-order valence-corrected chi connectivity index (χ4v) is 4.86. The molecule has 2 aliphatic rings. The Morgan fingerprint density at radius 3 is 2.68 bits per heavy atom. The SMILES string of the molecule is CS(=O)(=O)N1CC[C@@]2(c3ccccc3)CCNC[C@H]12. The Morgan fingerprint density at radius 1 is 1.26 bits per heavy atom. The molecule has 0 unspecified atom stereocenters. The third-order valence-corrected chi connectivity index (χ3v) is 5.91. The van der Waals surface area contributed by atoms with Crippen molar-refractivity contribution >= 4 is 10.0 Å². The molecule has 19 heavy (non-hydrogen) atoms. The van der Waals surface area contributed by atoms with Crippen molar-refractivity contribution < 1.29 is 8.42 Å². The molecular formula is C14H20N2O2S. The largest absolute Gasteiger partial charge is 0.315 e. The Hall–Kier alpha value is -0.910. The summed E-state index contributed by atoms with van der Waals surface area (Å²) >= 11 is 0. The molecule has 0 spiro atoms. The molecule has 2 heterocycles. The summed E-state index contributed by atoms with van der Waals surface area (Å²) in [6, 6.07) is 10.4. The molecule has 5 heteroatoms. The summed E-state index contributed by atoms with van der Waals surface area (Å²) in [6.07, 6.45) is 3.26. The predicted molar refractivity (Wildman–Crippen MR) is 75.6 cm³/mol. The number of fused-ring (bicyclic) bond motifs is 1. The summed E-state index contributed by atoms with van der Waals surface area (Å²) in [7, 11) is -3.13. The highest BCUT2D eigenvalue weighted by Gasteiger charge is 2.52. The fourth-order valence-electron chi connectivity index (χ4n) is 3.69. The van der Waals surface area contributed by atoms with Crippen molar-refractivity contribution in [3.63, 3.8) is 0 Å². The summed E-state index contributed by atoms with van der Waals surface area (Å²) in [5.41, 5.74) is 1.28. The standard InChI is InChI=1S/C14H20N2O2S/c1-19(17,18)16-10-8-14(7-9-15-11-13(14)16)12-5-3-2-4-6-12/h2-6,13,15H,7-11H2,1H3/t13-,14+/m0/s1. The van der Waals surface area contributed by atoms with Gasteiger partial charge in [-0.1, -0.05) is 30.3 Å². The lowest BCUT2D eigenvalue weighted by atomic mass is 9.70. The normalized spacial score (nSPS) is 32.2. The van der Waals surface area contributed by atoms with Crippen molar-refractivity contribution in [1.29, 1.82) is 0 Å². The monoisotopic (exact) mass is 280 g/mol. The molecule has 2 fully saturated rings. The lowest BCUT2D eigenvalue weighted by molar-refractivity contribution is 0.234. The third kappa shape index (κ3) is 2.10. The van der Waals surface area contributed by atoms with E-state index in [1.807, 2.05) is 18.2 Å². The minimum absolute atomic E-state index is 0.00437. The van der Waals surface area contributed by atoms with Crippen LogP contribution < -0.4 is 5.32 Å². The van der Waals surface area contributed by atoms with Crippen molar-refractivity contribution in [1.82, 2.24) is 9.62 Å². The van der Waals surface area contributed by atoms with Gasteiger partial charge in [0.2, 0.25) is 10.0 Å². The van der Waals surface area contributed by atoms with Crippen LogP contribution in [0.3, 0.4) is 0 Å². The second kappa shape index (κ2) is 4.58. The number of hydrogen-bond donors (Lipinski definition) is 1. The van der Waals surface area contributed by atoms with Crippen molar-refractivity contribution in [3.8, 4) is 0 Å². The van der Waals surface area contributed by atoms with Gasteiger partial charge in [0.05, 0.1) is 6.26 Å². The molecule has 3 rings (SSSR count). The van der Waals surface area contributed by atoms with E-state index in [2.05, 4.69) is 17.4 Å². The molecule has 2 saturated heterocycles. The zero-order valence-corrected chi connectivity index (χ0v) is 12.0. The minimum atomic E-state index is -3.13. The maximum absolute atomic E-state index is 12.0. The molecule has 0 aromatic heterocycles. The number of rotatable bonds is 2. The maximum Gasteiger partial charge on any atom is 0.211 e. The molecule has 0 saturated carbocycles. The van der Waals surface area contributed by atoms with Gasteiger partial charge in [0.1, 0.15) is 0 Å². The van der Waals surface area contributed by atoms with Gasteiger partial charge in [-0.05, 0) is 24.9 Å². The summed E-state index contributed by atoms with van der Waals surface area (Å²) < 4.78 is 25.6. The summed E-state index contributed by atoms with van der Waals surface area (Å²) in [4.78, 5) is 0. The summed E-state index contributed by atoms with van der Waals surface area (Å²) in [6.45, 7) is 2.35. The second-order valence-corrected chi connectivity index (χ2v) is 7.55. The van der Waals surface area contributed by atoms with Gasteiger partial charge in [0, 0.05) is 24.5 Å². The van der Waals surface area contributed by atoms with Crippen LogP contribution in [-0.4, -0.2) is 44.7 Å². The van der Waals surface area contributed by atoms with Crippen LogP contribution in [0.2, 0.25) is 0 Å². The van der Waals surface area contributed by atoms with E-state index < -0.39 is 10.0 Å². The van der Waals surface area contributed by atoms with Gasteiger partial charge < -0.3 is 5.32 Å². The van der Waals surface area contributed by atoms with E-state index in [0.29, 0.717) is 6.54 Å². The summed E-state index contributed by atoms with van der Waals surface area (Å²) in [5, 5.41) is 3.35. The van der Waals surface area contributed by atoms with Crippen LogP contribution in [0.1, 0.15) is 18.4 Å². The number of piperidine rings is 1. The molecule has 1 aromatic rings. The zero-order valence-electron chi connectivity index (χ0n) is 11.2. The van der Waals surface area contributed by atoms with Crippen molar-refractivity contribution in [2.75, 3.05) is 25.9 Å². The van der Waals surface area contributed by atoms with Gasteiger partial charge in [-0.15, -0.1) is 0 Å². The molecule has 2 atom stereocenters. The van der Waals surface area contributed by atoms with Crippen LogP contribution in [0.5, 0.6) is 0 Å². The van der Waals surface area contributed by atoms with Crippen LogP contribution in [0.15, 0.2) is 30.3 Å². The predicted octanol–water partition coefficient (Wildman–Crippen LogP) is 0.952. The average Bonchev–Trinajstić information content (AvgIpc) is 2.80. The first-order valence-corrected chi connectivity index (χ1v) is 8.62. The van der Waals surface area contributed by atoms with E-state index in [1.54, 1.807) is 4.31 Å². The molecule has 0 amide bonds. The lowest BCUT2D eigenvalue weighted by Gasteiger charge is -2.42. The van der Waals surface area contributed by atoms with E-state index in [-0.39, 0.29) is 11.5 Å². The van der Waals surface area contributed by atoms with E-state index >= 15 is 0 Å². The molecule has 0 bridgehead atoms. The Kier molecular flexibility index (Phi) is 3.15. The van der Waals surface area contributed by atoms with Crippen LogP contribution in [0.25, 0.3) is 0 Å². The molecule has 1 N–H and O–H groups in total. The number of benzene rings is 1. The number of sulfonamides is 1. The quantitative estimate of drug-likeness (QED) is 0.877. The Bertz CT molecular complexity index is 558. The van der Waals surface area contributed by atoms with Gasteiger partial charge in [-0.2, -0.15) is 4.31 Å². The second-order valence-electron chi connectivity index (χ2n) is 5.62. The van der Waals surface area contributed by atoms with Crippen LogP contribution in [0, 0.1) is 0 Å². The fraction of sp³-hybridized carbons (Fsp3) is 0.571. The third-order valence-electron chi connectivity index (χ3n) is 4.62. The first kappa shape index (κ1) is 13.1. The number of hydrogen-bond acceptors (Lipinski definition) is 3. The van der Waals surface area contributed by atoms with Crippen molar-refractivity contribution in [2.45, 2.75) is 24.3 Å².